The molecule has 1 heteroatoms. The Kier molecular flexibility index (Phi) is 5.37. The summed E-state index contributed by atoms with van der Waals surface area (Å²) >= 11 is 0. The molecule has 19 heavy (non-hydrogen) atoms. The lowest BCUT2D eigenvalue weighted by Gasteiger charge is -2.23. The monoisotopic (exact) mass is 259 g/mol. The minimum absolute atomic E-state index is 0.162. The lowest BCUT2D eigenvalue weighted by atomic mass is 9.96. The molecule has 0 bridgehead atoms. The molecule has 0 aliphatic carbocycles. The molecule has 0 aromatic heterocycles. The maximum atomic E-state index is 3.59. The third-order valence-corrected chi connectivity index (χ3v) is 3.34. The van der Waals surface area contributed by atoms with Crippen LogP contribution in [0.1, 0.15) is 51.3 Å². The van der Waals surface area contributed by atoms with Crippen LogP contribution in [0.2, 0.25) is 0 Å². The summed E-state index contributed by atoms with van der Waals surface area (Å²) in [6.07, 6.45) is 2.35. The maximum absolute atomic E-state index is 3.59. The fourth-order valence-corrected chi connectivity index (χ4v) is 1.90. The molecule has 106 valence electrons. The summed E-state index contributed by atoms with van der Waals surface area (Å²) < 4.78 is 0. The smallest absolute Gasteiger partial charge is 0.0175 e. The first kappa shape index (κ1) is 16.0. The van der Waals surface area contributed by atoms with Crippen molar-refractivity contribution in [3.05, 3.63) is 40.5 Å². The summed E-state index contributed by atoms with van der Waals surface area (Å²) in [7, 11) is 0. The van der Waals surface area contributed by atoms with E-state index in [1.807, 2.05) is 0 Å². The second kappa shape index (κ2) is 6.38. The highest BCUT2D eigenvalue weighted by molar-refractivity contribution is 5.58. The molecule has 1 aromatic rings. The number of aryl methyl sites for hydroxylation is 2. The third kappa shape index (κ3) is 5.61. The van der Waals surface area contributed by atoms with E-state index in [1.165, 1.54) is 22.3 Å². The van der Waals surface area contributed by atoms with E-state index < -0.39 is 0 Å². The van der Waals surface area contributed by atoms with Gasteiger partial charge in [-0.15, -0.1) is 0 Å². The second-order valence-corrected chi connectivity index (χ2v) is 6.84. The van der Waals surface area contributed by atoms with Crippen molar-refractivity contribution in [3.8, 4) is 0 Å². The first-order chi connectivity index (χ1) is 8.69. The average Bonchev–Trinajstić information content (AvgIpc) is 2.27. The predicted octanol–water partition coefficient (Wildman–Crippen LogP) is 4.73. The Morgan fingerprint density at radius 1 is 1.21 bits per heavy atom. The Labute approximate surface area is 119 Å². The highest BCUT2D eigenvalue weighted by Crippen LogP contribution is 2.19. The fourth-order valence-electron chi connectivity index (χ4n) is 1.90. The minimum Gasteiger partial charge on any atom is -0.308 e. The van der Waals surface area contributed by atoms with Crippen LogP contribution in [0, 0.1) is 19.8 Å². The van der Waals surface area contributed by atoms with E-state index in [-0.39, 0.29) is 5.54 Å². The van der Waals surface area contributed by atoms with Gasteiger partial charge in [-0.25, -0.2) is 0 Å². The van der Waals surface area contributed by atoms with Crippen LogP contribution in [0.5, 0.6) is 0 Å². The molecule has 0 heterocycles. The molecule has 0 atom stereocenters. The zero-order valence-corrected chi connectivity index (χ0v) is 13.6. The van der Waals surface area contributed by atoms with Gasteiger partial charge in [0.05, 0.1) is 0 Å². The average molecular weight is 259 g/mol. The number of hydrogen-bond donors (Lipinski definition) is 1. The molecule has 0 saturated heterocycles. The van der Waals surface area contributed by atoms with Crippen LogP contribution in [0.3, 0.4) is 0 Å². The van der Waals surface area contributed by atoms with E-state index in [9.17, 15) is 0 Å². The molecule has 1 N–H and O–H groups in total. The molecule has 0 aliphatic heterocycles. The topological polar surface area (TPSA) is 12.0 Å². The van der Waals surface area contributed by atoms with Crippen LogP contribution in [0.4, 0.5) is 0 Å². The van der Waals surface area contributed by atoms with Gasteiger partial charge in [0.15, 0.2) is 0 Å². The van der Waals surface area contributed by atoms with Gasteiger partial charge in [-0.3, -0.25) is 0 Å². The largest absolute Gasteiger partial charge is 0.308 e. The summed E-state index contributed by atoms with van der Waals surface area (Å²) in [5.41, 5.74) is 5.64. The Balaban J connectivity index is 2.98. The molecule has 1 nitrogen and oxygen atoms in total. The third-order valence-electron chi connectivity index (χ3n) is 3.34. The standard InChI is InChI=1S/C18H29N/c1-13(2)17(12-19-18(5,6)7)11-16-10-14(3)8-9-15(16)4/h8-11,13,19H,12H2,1-7H3. The molecular weight excluding hydrogens is 230 g/mol. The SMILES string of the molecule is Cc1ccc(C)c(C=C(CNC(C)(C)C)C(C)C)c1. The van der Waals surface area contributed by atoms with Crippen molar-refractivity contribution >= 4 is 6.08 Å². The maximum Gasteiger partial charge on any atom is 0.0175 e. The Morgan fingerprint density at radius 3 is 2.37 bits per heavy atom. The number of hydrogen-bond acceptors (Lipinski definition) is 1. The van der Waals surface area contributed by atoms with Crippen molar-refractivity contribution in [2.45, 2.75) is 54.0 Å². The molecule has 0 spiro atoms. The first-order valence-electron chi connectivity index (χ1n) is 7.22. The van der Waals surface area contributed by atoms with Crippen LogP contribution in [0.15, 0.2) is 23.8 Å². The van der Waals surface area contributed by atoms with Gasteiger partial charge in [-0.05, 0) is 51.7 Å². The molecule has 0 fully saturated rings. The van der Waals surface area contributed by atoms with Crippen LogP contribution >= 0.6 is 0 Å². The highest BCUT2D eigenvalue weighted by atomic mass is 14.9. The number of benzene rings is 1. The summed E-state index contributed by atoms with van der Waals surface area (Å²) in [6, 6.07) is 6.65. The van der Waals surface area contributed by atoms with Crippen molar-refractivity contribution in [3.63, 3.8) is 0 Å². The molecule has 1 aromatic carbocycles. The van der Waals surface area contributed by atoms with Crippen LogP contribution < -0.4 is 5.32 Å². The van der Waals surface area contributed by atoms with Gasteiger partial charge in [-0.2, -0.15) is 0 Å². The van der Waals surface area contributed by atoms with E-state index in [4.69, 9.17) is 0 Å². The Hall–Kier alpha value is -1.08. The van der Waals surface area contributed by atoms with Crippen molar-refractivity contribution in [2.24, 2.45) is 5.92 Å². The molecule has 0 saturated carbocycles. The highest BCUT2D eigenvalue weighted by Gasteiger charge is 2.11. The quantitative estimate of drug-likeness (QED) is 0.824. The van der Waals surface area contributed by atoms with Gasteiger partial charge < -0.3 is 5.32 Å². The van der Waals surface area contributed by atoms with E-state index in [0.29, 0.717) is 5.92 Å². The Morgan fingerprint density at radius 2 is 1.84 bits per heavy atom. The van der Waals surface area contributed by atoms with E-state index in [2.05, 4.69) is 78.1 Å². The number of nitrogens with one attached hydrogen (secondary N) is 1. The van der Waals surface area contributed by atoms with Crippen LogP contribution in [-0.4, -0.2) is 12.1 Å². The summed E-state index contributed by atoms with van der Waals surface area (Å²) in [5, 5.41) is 3.59. The first-order valence-corrected chi connectivity index (χ1v) is 7.22. The van der Waals surface area contributed by atoms with Gasteiger partial charge in [-0.1, -0.05) is 49.3 Å². The van der Waals surface area contributed by atoms with Gasteiger partial charge in [0, 0.05) is 12.1 Å². The van der Waals surface area contributed by atoms with E-state index >= 15 is 0 Å². The normalized spacial score (nSPS) is 13.2. The van der Waals surface area contributed by atoms with Crippen LogP contribution in [-0.2, 0) is 0 Å². The van der Waals surface area contributed by atoms with E-state index in [0.717, 1.165) is 6.54 Å². The van der Waals surface area contributed by atoms with Gasteiger partial charge >= 0.3 is 0 Å². The Bertz CT molecular complexity index is 447. The molecule has 1 rings (SSSR count). The van der Waals surface area contributed by atoms with E-state index in [1.54, 1.807) is 0 Å². The van der Waals surface area contributed by atoms with Crippen molar-refractivity contribution < 1.29 is 0 Å². The summed E-state index contributed by atoms with van der Waals surface area (Å²) in [4.78, 5) is 0. The zero-order valence-electron chi connectivity index (χ0n) is 13.6. The zero-order chi connectivity index (χ0) is 14.6. The second-order valence-electron chi connectivity index (χ2n) is 6.84. The van der Waals surface area contributed by atoms with Crippen molar-refractivity contribution in [1.82, 2.24) is 5.32 Å². The van der Waals surface area contributed by atoms with Crippen LogP contribution in [0.25, 0.3) is 6.08 Å². The lowest BCUT2D eigenvalue weighted by Crippen LogP contribution is -2.37. The fraction of sp³-hybridized carbons (Fsp3) is 0.556. The molecule has 0 amide bonds. The van der Waals surface area contributed by atoms with Gasteiger partial charge in [0.2, 0.25) is 0 Å². The van der Waals surface area contributed by atoms with Crippen molar-refractivity contribution in [2.75, 3.05) is 6.54 Å². The van der Waals surface area contributed by atoms with Crippen molar-refractivity contribution in [1.29, 1.82) is 0 Å². The molecule has 0 unspecified atom stereocenters. The predicted molar refractivity (Wildman–Crippen MR) is 86.5 cm³/mol. The lowest BCUT2D eigenvalue weighted by molar-refractivity contribution is 0.437. The number of rotatable bonds is 4. The minimum atomic E-state index is 0.162. The van der Waals surface area contributed by atoms with Gasteiger partial charge in [0.1, 0.15) is 0 Å². The van der Waals surface area contributed by atoms with Gasteiger partial charge in [0.25, 0.3) is 0 Å². The molecular formula is C18H29N. The summed E-state index contributed by atoms with van der Waals surface area (Å²) in [5.74, 6) is 0.565. The molecule has 0 aliphatic rings. The molecule has 0 radical (unpaired) electrons. The summed E-state index contributed by atoms with van der Waals surface area (Å²) in [6.45, 7) is 16.4.